The van der Waals surface area contributed by atoms with Crippen LogP contribution in [0.2, 0.25) is 0 Å². The van der Waals surface area contributed by atoms with Gasteiger partial charge in [0.15, 0.2) is 0 Å². The largest absolute Gasteiger partial charge is 0.467 e. The van der Waals surface area contributed by atoms with Crippen molar-refractivity contribution < 1.29 is 19.1 Å². The van der Waals surface area contributed by atoms with E-state index in [0.717, 1.165) is 11.1 Å². The van der Waals surface area contributed by atoms with Gasteiger partial charge in [-0.3, -0.25) is 9.59 Å². The van der Waals surface area contributed by atoms with Crippen molar-refractivity contribution in [2.45, 2.75) is 31.8 Å². The van der Waals surface area contributed by atoms with Crippen LogP contribution in [0.5, 0.6) is 0 Å². The molecule has 2 amide bonds. The minimum Gasteiger partial charge on any atom is -0.467 e. The molecule has 0 aromatic heterocycles. The van der Waals surface area contributed by atoms with Crippen molar-refractivity contribution in [1.82, 2.24) is 15.5 Å². The summed E-state index contributed by atoms with van der Waals surface area (Å²) >= 11 is 0. The van der Waals surface area contributed by atoms with E-state index in [-0.39, 0.29) is 17.7 Å². The third-order valence-electron chi connectivity index (χ3n) is 5.76. The molecule has 3 rings (SSSR count). The van der Waals surface area contributed by atoms with Crippen molar-refractivity contribution in [2.24, 2.45) is 5.92 Å². The van der Waals surface area contributed by atoms with Crippen LogP contribution >= 0.6 is 0 Å². The summed E-state index contributed by atoms with van der Waals surface area (Å²) in [5, 5.41) is 5.99. The fourth-order valence-corrected chi connectivity index (χ4v) is 4.01. The number of methoxy groups -OCH3 is 1. The second-order valence-electron chi connectivity index (χ2n) is 8.26. The van der Waals surface area contributed by atoms with Gasteiger partial charge in [0.1, 0.15) is 12.1 Å². The molecule has 2 aromatic rings. The van der Waals surface area contributed by atoms with E-state index in [2.05, 4.69) is 10.6 Å². The maximum atomic E-state index is 13.9. The molecule has 0 saturated carbocycles. The number of ether oxygens (including phenoxy) is 1. The van der Waals surface area contributed by atoms with Gasteiger partial charge in [0, 0.05) is 19.6 Å². The minimum absolute atomic E-state index is 0.136. The Morgan fingerprint density at radius 2 is 1.56 bits per heavy atom. The minimum atomic E-state index is -0.773. The van der Waals surface area contributed by atoms with Crippen molar-refractivity contribution in [1.29, 1.82) is 0 Å². The summed E-state index contributed by atoms with van der Waals surface area (Å²) < 4.78 is 4.84. The Morgan fingerprint density at radius 3 is 2.06 bits per heavy atom. The van der Waals surface area contributed by atoms with Crippen molar-refractivity contribution in [3.05, 3.63) is 71.8 Å². The van der Waals surface area contributed by atoms with Crippen LogP contribution in [0, 0.1) is 5.92 Å². The van der Waals surface area contributed by atoms with Gasteiger partial charge >= 0.3 is 5.97 Å². The fraction of sp³-hybridized carbons (Fsp3) is 0.400. The summed E-state index contributed by atoms with van der Waals surface area (Å²) in [5.41, 5.74) is 1.74. The Bertz CT molecular complexity index is 878. The topological polar surface area (TPSA) is 87.7 Å². The molecule has 7 nitrogen and oxygen atoms in total. The van der Waals surface area contributed by atoms with Crippen molar-refractivity contribution >= 4 is 17.8 Å². The van der Waals surface area contributed by atoms with Gasteiger partial charge in [-0.2, -0.15) is 0 Å². The first-order valence-corrected chi connectivity index (χ1v) is 10.9. The number of piperazine rings is 1. The molecule has 1 aliphatic heterocycles. The number of nitrogens with zero attached hydrogens (tertiary/aromatic N) is 1. The highest BCUT2D eigenvalue weighted by molar-refractivity contribution is 5.94. The molecule has 170 valence electrons. The van der Waals surface area contributed by atoms with E-state index >= 15 is 0 Å². The number of esters is 1. The highest BCUT2D eigenvalue weighted by Crippen LogP contribution is 2.28. The summed E-state index contributed by atoms with van der Waals surface area (Å²) in [6.45, 7) is 4.99. The van der Waals surface area contributed by atoms with Crippen LogP contribution in [0.4, 0.5) is 0 Å². The average molecular weight is 438 g/mol. The maximum Gasteiger partial charge on any atom is 0.328 e. The van der Waals surface area contributed by atoms with E-state index < -0.39 is 24.0 Å². The molecule has 0 bridgehead atoms. The maximum absolute atomic E-state index is 13.9. The first-order chi connectivity index (χ1) is 15.4. The molecule has 32 heavy (non-hydrogen) atoms. The lowest BCUT2D eigenvalue weighted by Crippen LogP contribution is -2.62. The van der Waals surface area contributed by atoms with Crippen LogP contribution in [0.15, 0.2) is 60.7 Å². The predicted octanol–water partition coefficient (Wildman–Crippen LogP) is 1.93. The summed E-state index contributed by atoms with van der Waals surface area (Å²) in [5.74, 6) is -1.67. The predicted molar refractivity (Wildman–Crippen MR) is 122 cm³/mol. The lowest BCUT2D eigenvalue weighted by atomic mass is 9.89. The SMILES string of the molecule is COC(=O)[C@@H](NC(=O)C1CNCCN1C(=O)C(c1ccccc1)c1ccccc1)C(C)C. The molecule has 1 saturated heterocycles. The third-order valence-corrected chi connectivity index (χ3v) is 5.76. The number of carbonyl (C=O) groups is 3. The number of carbonyl (C=O) groups excluding carboxylic acids is 3. The molecule has 7 heteroatoms. The zero-order valence-electron chi connectivity index (χ0n) is 18.8. The van der Waals surface area contributed by atoms with Crippen LogP contribution in [0.3, 0.4) is 0 Å². The van der Waals surface area contributed by atoms with Gasteiger partial charge in [-0.25, -0.2) is 4.79 Å². The van der Waals surface area contributed by atoms with E-state index in [0.29, 0.717) is 19.6 Å². The molecular formula is C25H31N3O4. The monoisotopic (exact) mass is 437 g/mol. The van der Waals surface area contributed by atoms with Crippen LogP contribution in [-0.2, 0) is 19.1 Å². The molecule has 1 heterocycles. The van der Waals surface area contributed by atoms with Gasteiger partial charge in [-0.05, 0) is 17.0 Å². The first kappa shape index (κ1) is 23.5. The Labute approximate surface area is 189 Å². The van der Waals surface area contributed by atoms with E-state index in [1.54, 1.807) is 4.90 Å². The number of hydrogen-bond acceptors (Lipinski definition) is 5. The van der Waals surface area contributed by atoms with E-state index in [1.165, 1.54) is 7.11 Å². The summed E-state index contributed by atoms with van der Waals surface area (Å²) in [4.78, 5) is 40.8. The van der Waals surface area contributed by atoms with Gasteiger partial charge in [0.25, 0.3) is 0 Å². The Kier molecular flexibility index (Phi) is 8.00. The number of hydrogen-bond donors (Lipinski definition) is 2. The van der Waals surface area contributed by atoms with Crippen LogP contribution in [0.1, 0.15) is 30.9 Å². The lowest BCUT2D eigenvalue weighted by Gasteiger charge is -2.38. The molecule has 1 fully saturated rings. The Hall–Kier alpha value is -3.19. The van der Waals surface area contributed by atoms with Gasteiger partial charge in [-0.1, -0.05) is 74.5 Å². The zero-order chi connectivity index (χ0) is 23.1. The second-order valence-corrected chi connectivity index (χ2v) is 8.26. The first-order valence-electron chi connectivity index (χ1n) is 10.9. The summed E-state index contributed by atoms with van der Waals surface area (Å²) in [7, 11) is 1.30. The second kappa shape index (κ2) is 10.9. The molecule has 1 unspecified atom stereocenters. The number of benzene rings is 2. The normalized spacial score (nSPS) is 17.2. The average Bonchev–Trinajstić information content (AvgIpc) is 2.83. The van der Waals surface area contributed by atoms with Crippen LogP contribution in [0.25, 0.3) is 0 Å². The highest BCUT2D eigenvalue weighted by atomic mass is 16.5. The van der Waals surface area contributed by atoms with Crippen LogP contribution < -0.4 is 10.6 Å². The van der Waals surface area contributed by atoms with Crippen molar-refractivity contribution in [3.8, 4) is 0 Å². The molecule has 0 radical (unpaired) electrons. The molecule has 2 N–H and O–H groups in total. The smallest absolute Gasteiger partial charge is 0.328 e. The zero-order valence-corrected chi connectivity index (χ0v) is 18.8. The Balaban J connectivity index is 1.89. The molecule has 0 aliphatic carbocycles. The van der Waals surface area contributed by atoms with Gasteiger partial charge < -0.3 is 20.3 Å². The molecule has 2 atom stereocenters. The number of nitrogens with one attached hydrogen (secondary N) is 2. The molecule has 0 spiro atoms. The molecular weight excluding hydrogens is 406 g/mol. The Morgan fingerprint density at radius 1 is 1.00 bits per heavy atom. The quantitative estimate of drug-likeness (QED) is 0.647. The van der Waals surface area contributed by atoms with E-state index in [9.17, 15) is 14.4 Å². The molecule has 2 aromatic carbocycles. The van der Waals surface area contributed by atoms with Gasteiger partial charge in [0.2, 0.25) is 11.8 Å². The van der Waals surface area contributed by atoms with Gasteiger partial charge in [-0.15, -0.1) is 0 Å². The standard InChI is InChI=1S/C25H31N3O4/c1-17(2)22(25(31)32-3)27-23(29)20-16-26-14-15-28(20)24(30)21(18-10-6-4-7-11-18)19-12-8-5-9-13-19/h4-13,17,20-22,26H,14-16H2,1-3H3,(H,27,29)/t20?,22-/m0/s1. The summed E-state index contributed by atoms with van der Waals surface area (Å²) in [6, 6.07) is 17.7. The van der Waals surface area contributed by atoms with Crippen molar-refractivity contribution in [3.63, 3.8) is 0 Å². The molecule has 1 aliphatic rings. The summed E-state index contributed by atoms with van der Waals surface area (Å²) in [6.07, 6.45) is 0. The highest BCUT2D eigenvalue weighted by Gasteiger charge is 2.38. The number of amides is 2. The van der Waals surface area contributed by atoms with E-state index in [1.807, 2.05) is 74.5 Å². The third kappa shape index (κ3) is 5.34. The van der Waals surface area contributed by atoms with Gasteiger partial charge in [0.05, 0.1) is 13.0 Å². The van der Waals surface area contributed by atoms with Crippen LogP contribution in [-0.4, -0.2) is 61.5 Å². The van der Waals surface area contributed by atoms with Crippen molar-refractivity contribution in [2.75, 3.05) is 26.7 Å². The fourth-order valence-electron chi connectivity index (χ4n) is 4.01. The lowest BCUT2D eigenvalue weighted by molar-refractivity contribution is -0.148. The van der Waals surface area contributed by atoms with E-state index in [4.69, 9.17) is 4.74 Å². The number of rotatable bonds is 7.